The average Bonchev–Trinajstić information content (AvgIpc) is 2.37. The summed E-state index contributed by atoms with van der Waals surface area (Å²) in [6.45, 7) is 4.39. The van der Waals surface area contributed by atoms with Crippen LogP contribution in [-0.2, 0) is 0 Å². The molecule has 1 heterocycles. The van der Waals surface area contributed by atoms with Crippen LogP contribution in [0.5, 0.6) is 5.75 Å². The fourth-order valence-corrected chi connectivity index (χ4v) is 2.91. The number of halogens is 1. The molecule has 100 valence electrons. The fraction of sp³-hybridized carbons (Fsp3) is 0.600. The first kappa shape index (κ1) is 13.7. The van der Waals surface area contributed by atoms with Crippen LogP contribution in [0.25, 0.3) is 0 Å². The molecule has 2 N–H and O–H groups in total. The number of hydrogen-bond donors (Lipinski definition) is 1. The Labute approximate surface area is 114 Å². The Kier molecular flexibility index (Phi) is 4.18. The van der Waals surface area contributed by atoms with Crippen LogP contribution in [0.2, 0.25) is 5.02 Å². The standard InChI is InChI=1S/C15H22ClNO/c1-3-5-8-15(4-2)10-13(17)12-9-11(16)6-7-14(12)18-15/h6-7,9,13H,3-5,8,10,17H2,1-2H3/t13-,15?/m1/s1. The van der Waals surface area contributed by atoms with E-state index in [4.69, 9.17) is 22.1 Å². The monoisotopic (exact) mass is 267 g/mol. The maximum Gasteiger partial charge on any atom is 0.125 e. The van der Waals surface area contributed by atoms with Gasteiger partial charge in [0.25, 0.3) is 0 Å². The third kappa shape index (κ3) is 2.65. The molecule has 2 nitrogen and oxygen atoms in total. The molecule has 18 heavy (non-hydrogen) atoms. The molecule has 1 unspecified atom stereocenters. The van der Waals surface area contributed by atoms with E-state index in [0.717, 1.165) is 35.6 Å². The van der Waals surface area contributed by atoms with Crippen LogP contribution in [0.4, 0.5) is 0 Å². The molecule has 0 bridgehead atoms. The maximum absolute atomic E-state index is 6.30. The van der Waals surface area contributed by atoms with Gasteiger partial charge in [-0.15, -0.1) is 0 Å². The topological polar surface area (TPSA) is 35.2 Å². The van der Waals surface area contributed by atoms with Crippen molar-refractivity contribution in [2.24, 2.45) is 5.73 Å². The van der Waals surface area contributed by atoms with E-state index in [1.165, 1.54) is 12.8 Å². The van der Waals surface area contributed by atoms with Crippen molar-refractivity contribution in [3.05, 3.63) is 28.8 Å². The van der Waals surface area contributed by atoms with Crippen molar-refractivity contribution in [1.82, 2.24) is 0 Å². The molecule has 1 aromatic rings. The third-order valence-electron chi connectivity index (χ3n) is 3.92. The van der Waals surface area contributed by atoms with Crippen molar-refractivity contribution < 1.29 is 4.74 Å². The number of hydrogen-bond acceptors (Lipinski definition) is 2. The Balaban J connectivity index is 2.27. The minimum absolute atomic E-state index is 0.0317. The lowest BCUT2D eigenvalue weighted by atomic mass is 9.82. The number of fused-ring (bicyclic) bond motifs is 1. The van der Waals surface area contributed by atoms with Crippen LogP contribution >= 0.6 is 11.6 Å². The molecular weight excluding hydrogens is 246 g/mol. The zero-order valence-electron chi connectivity index (χ0n) is 11.2. The maximum atomic E-state index is 6.30. The molecule has 0 aromatic heterocycles. The number of benzene rings is 1. The van der Waals surface area contributed by atoms with E-state index in [9.17, 15) is 0 Å². The Morgan fingerprint density at radius 3 is 2.89 bits per heavy atom. The van der Waals surface area contributed by atoms with Crippen molar-refractivity contribution in [2.45, 2.75) is 57.6 Å². The average molecular weight is 268 g/mol. The van der Waals surface area contributed by atoms with Crippen LogP contribution in [0.15, 0.2) is 18.2 Å². The molecule has 0 amide bonds. The summed E-state index contributed by atoms with van der Waals surface area (Å²) in [6, 6.07) is 5.79. The summed E-state index contributed by atoms with van der Waals surface area (Å²) in [4.78, 5) is 0. The molecule has 0 saturated carbocycles. The zero-order chi connectivity index (χ0) is 13.2. The quantitative estimate of drug-likeness (QED) is 0.874. The highest BCUT2D eigenvalue weighted by Gasteiger charge is 2.37. The minimum Gasteiger partial charge on any atom is -0.487 e. The van der Waals surface area contributed by atoms with Crippen molar-refractivity contribution in [3.8, 4) is 5.75 Å². The van der Waals surface area contributed by atoms with Gasteiger partial charge >= 0.3 is 0 Å². The Hall–Kier alpha value is -0.730. The van der Waals surface area contributed by atoms with Crippen LogP contribution in [0.3, 0.4) is 0 Å². The normalized spacial score (nSPS) is 26.6. The molecule has 0 fully saturated rings. The van der Waals surface area contributed by atoms with E-state index in [2.05, 4.69) is 13.8 Å². The van der Waals surface area contributed by atoms with Gasteiger partial charge in [-0.25, -0.2) is 0 Å². The Morgan fingerprint density at radius 2 is 2.22 bits per heavy atom. The molecule has 1 aliphatic rings. The fourth-order valence-electron chi connectivity index (χ4n) is 2.73. The van der Waals surface area contributed by atoms with Crippen LogP contribution < -0.4 is 10.5 Å². The van der Waals surface area contributed by atoms with Gasteiger partial charge in [0.2, 0.25) is 0 Å². The van der Waals surface area contributed by atoms with Crippen molar-refractivity contribution in [3.63, 3.8) is 0 Å². The lowest BCUT2D eigenvalue weighted by Gasteiger charge is -2.41. The highest BCUT2D eigenvalue weighted by Crippen LogP contribution is 2.43. The number of rotatable bonds is 4. The summed E-state index contributed by atoms with van der Waals surface area (Å²) in [6.07, 6.45) is 5.34. The lowest BCUT2D eigenvalue weighted by Crippen LogP contribution is -2.42. The minimum atomic E-state index is -0.0870. The van der Waals surface area contributed by atoms with E-state index in [0.29, 0.717) is 0 Å². The molecular formula is C15H22ClNO. The van der Waals surface area contributed by atoms with Crippen molar-refractivity contribution in [1.29, 1.82) is 0 Å². The summed E-state index contributed by atoms with van der Waals surface area (Å²) >= 11 is 6.02. The zero-order valence-corrected chi connectivity index (χ0v) is 12.0. The molecule has 2 atom stereocenters. The smallest absolute Gasteiger partial charge is 0.125 e. The predicted molar refractivity (Wildman–Crippen MR) is 76.2 cm³/mol. The van der Waals surface area contributed by atoms with Gasteiger partial charge in [0.1, 0.15) is 11.4 Å². The van der Waals surface area contributed by atoms with E-state index in [1.807, 2.05) is 18.2 Å². The van der Waals surface area contributed by atoms with Crippen LogP contribution in [-0.4, -0.2) is 5.60 Å². The summed E-state index contributed by atoms with van der Waals surface area (Å²) in [7, 11) is 0. The molecule has 1 aliphatic heterocycles. The van der Waals surface area contributed by atoms with Gasteiger partial charge < -0.3 is 10.5 Å². The number of unbranched alkanes of at least 4 members (excludes halogenated alkanes) is 1. The largest absolute Gasteiger partial charge is 0.487 e. The van der Waals surface area contributed by atoms with Crippen LogP contribution in [0.1, 0.15) is 57.6 Å². The second-order valence-electron chi connectivity index (χ2n) is 5.23. The summed E-state index contributed by atoms with van der Waals surface area (Å²) in [5, 5.41) is 0.727. The van der Waals surface area contributed by atoms with Crippen LogP contribution in [0, 0.1) is 0 Å². The van der Waals surface area contributed by atoms with E-state index >= 15 is 0 Å². The van der Waals surface area contributed by atoms with Gasteiger partial charge in [0.15, 0.2) is 0 Å². The molecule has 0 saturated heterocycles. The van der Waals surface area contributed by atoms with Crippen molar-refractivity contribution >= 4 is 11.6 Å². The highest BCUT2D eigenvalue weighted by atomic mass is 35.5. The first-order valence-corrected chi connectivity index (χ1v) is 7.22. The number of nitrogens with two attached hydrogens (primary N) is 1. The molecule has 3 heteroatoms. The van der Waals surface area contributed by atoms with E-state index in [-0.39, 0.29) is 11.6 Å². The van der Waals surface area contributed by atoms with Gasteiger partial charge in [-0.3, -0.25) is 0 Å². The predicted octanol–water partition coefficient (Wildman–Crippen LogP) is 4.46. The summed E-state index contributed by atoms with van der Waals surface area (Å²) in [5.74, 6) is 0.913. The second kappa shape index (κ2) is 5.50. The lowest BCUT2D eigenvalue weighted by molar-refractivity contribution is 0.0217. The van der Waals surface area contributed by atoms with Gasteiger partial charge in [-0.05, 0) is 37.5 Å². The molecule has 0 aliphatic carbocycles. The Bertz CT molecular complexity index is 421. The molecule has 0 spiro atoms. The summed E-state index contributed by atoms with van der Waals surface area (Å²) < 4.78 is 6.26. The number of ether oxygens (including phenoxy) is 1. The van der Waals surface area contributed by atoms with Gasteiger partial charge in [0.05, 0.1) is 0 Å². The van der Waals surface area contributed by atoms with Gasteiger partial charge in [-0.2, -0.15) is 0 Å². The second-order valence-corrected chi connectivity index (χ2v) is 5.67. The first-order valence-electron chi connectivity index (χ1n) is 6.84. The SMILES string of the molecule is CCCCC1(CC)C[C@@H](N)c2cc(Cl)ccc2O1. The molecule has 2 rings (SSSR count). The highest BCUT2D eigenvalue weighted by molar-refractivity contribution is 6.30. The third-order valence-corrected chi connectivity index (χ3v) is 4.16. The van der Waals surface area contributed by atoms with Gasteiger partial charge in [0, 0.05) is 23.0 Å². The van der Waals surface area contributed by atoms with Gasteiger partial charge in [-0.1, -0.05) is 31.9 Å². The molecule has 1 aromatic carbocycles. The molecule has 0 radical (unpaired) electrons. The van der Waals surface area contributed by atoms with E-state index < -0.39 is 0 Å². The van der Waals surface area contributed by atoms with Crippen molar-refractivity contribution in [2.75, 3.05) is 0 Å². The van der Waals surface area contributed by atoms with E-state index in [1.54, 1.807) is 0 Å². The Morgan fingerprint density at radius 1 is 1.44 bits per heavy atom. The first-order chi connectivity index (χ1) is 8.60. The summed E-state index contributed by atoms with van der Waals surface area (Å²) in [5.41, 5.74) is 7.26.